The van der Waals surface area contributed by atoms with Crippen molar-refractivity contribution in [3.05, 3.63) is 24.3 Å². The van der Waals surface area contributed by atoms with E-state index in [4.69, 9.17) is 0 Å². The molecular formula is C14H19N7S. The Hall–Kier alpha value is -1.80. The van der Waals surface area contributed by atoms with E-state index < -0.39 is 0 Å². The highest BCUT2D eigenvalue weighted by molar-refractivity contribution is 7.09. The summed E-state index contributed by atoms with van der Waals surface area (Å²) in [4.78, 5) is 20.3. The van der Waals surface area contributed by atoms with Crippen molar-refractivity contribution in [2.24, 2.45) is 0 Å². The van der Waals surface area contributed by atoms with Crippen molar-refractivity contribution >= 4 is 22.6 Å². The lowest BCUT2D eigenvalue weighted by Crippen LogP contribution is -2.63. The maximum Gasteiger partial charge on any atom is 0.225 e. The number of rotatable bonds is 3. The predicted molar refractivity (Wildman–Crippen MR) is 86.5 cm³/mol. The summed E-state index contributed by atoms with van der Waals surface area (Å²) in [7, 11) is 0. The van der Waals surface area contributed by atoms with Crippen LogP contribution in [0.5, 0.6) is 0 Å². The van der Waals surface area contributed by atoms with E-state index in [0.717, 1.165) is 56.2 Å². The van der Waals surface area contributed by atoms with Crippen molar-refractivity contribution in [2.75, 3.05) is 49.1 Å². The van der Waals surface area contributed by atoms with Gasteiger partial charge in [-0.25, -0.2) is 15.0 Å². The molecule has 0 amide bonds. The molecule has 0 N–H and O–H groups in total. The van der Waals surface area contributed by atoms with Crippen LogP contribution in [-0.2, 0) is 0 Å². The van der Waals surface area contributed by atoms with Gasteiger partial charge in [0.15, 0.2) is 0 Å². The highest BCUT2D eigenvalue weighted by Crippen LogP contribution is 2.26. The van der Waals surface area contributed by atoms with Crippen molar-refractivity contribution in [2.45, 2.75) is 13.0 Å². The largest absolute Gasteiger partial charge is 0.344 e. The minimum absolute atomic E-state index is 0.642. The van der Waals surface area contributed by atoms with Gasteiger partial charge >= 0.3 is 0 Å². The molecule has 0 unspecified atom stereocenters. The molecule has 8 heteroatoms. The van der Waals surface area contributed by atoms with Crippen molar-refractivity contribution in [1.29, 1.82) is 0 Å². The van der Waals surface area contributed by atoms with Crippen molar-refractivity contribution in [3.8, 4) is 0 Å². The van der Waals surface area contributed by atoms with E-state index in [1.807, 2.05) is 25.4 Å². The summed E-state index contributed by atoms with van der Waals surface area (Å²) in [5.74, 6) is 1.72. The normalized spacial score (nSPS) is 20.2. The Labute approximate surface area is 133 Å². The first-order valence-corrected chi connectivity index (χ1v) is 8.38. The second-order valence-electron chi connectivity index (χ2n) is 5.75. The molecule has 0 aromatic carbocycles. The molecule has 7 nitrogen and oxygen atoms in total. The number of hydrogen-bond donors (Lipinski definition) is 0. The number of aryl methyl sites for hydroxylation is 1. The minimum Gasteiger partial charge on any atom is -0.344 e. The van der Waals surface area contributed by atoms with Crippen LogP contribution in [0, 0.1) is 6.92 Å². The Morgan fingerprint density at radius 2 is 1.77 bits per heavy atom. The van der Waals surface area contributed by atoms with Crippen LogP contribution in [0.4, 0.5) is 11.1 Å². The van der Waals surface area contributed by atoms with Gasteiger partial charge in [-0.05, 0) is 13.0 Å². The van der Waals surface area contributed by atoms with E-state index in [1.165, 1.54) is 11.5 Å². The zero-order chi connectivity index (χ0) is 14.9. The lowest BCUT2D eigenvalue weighted by molar-refractivity contribution is 0.156. The summed E-state index contributed by atoms with van der Waals surface area (Å²) in [5, 5.41) is 1.06. The molecule has 2 aromatic rings. The van der Waals surface area contributed by atoms with Gasteiger partial charge in [0.2, 0.25) is 11.1 Å². The standard InChI is InChI=1S/C14H19N7S/c1-11-17-14(22-18-11)21-9-12(10-21)19-5-7-20(8-6-19)13-15-3-2-4-16-13/h2-4,12H,5-10H2,1H3. The zero-order valence-electron chi connectivity index (χ0n) is 12.6. The smallest absolute Gasteiger partial charge is 0.225 e. The molecule has 2 aromatic heterocycles. The fourth-order valence-corrected chi connectivity index (χ4v) is 3.69. The summed E-state index contributed by atoms with van der Waals surface area (Å²) in [6.45, 7) is 8.23. The van der Waals surface area contributed by atoms with Gasteiger partial charge < -0.3 is 9.80 Å². The molecular weight excluding hydrogens is 298 g/mol. The average Bonchev–Trinajstić information content (AvgIpc) is 2.94. The number of nitrogens with zero attached hydrogens (tertiary/aromatic N) is 7. The molecule has 2 saturated heterocycles. The monoisotopic (exact) mass is 317 g/mol. The lowest BCUT2D eigenvalue weighted by Gasteiger charge is -2.47. The molecule has 2 aliphatic rings. The molecule has 22 heavy (non-hydrogen) atoms. The molecule has 0 saturated carbocycles. The average molecular weight is 317 g/mol. The third-order valence-electron chi connectivity index (χ3n) is 4.32. The van der Waals surface area contributed by atoms with Crippen LogP contribution < -0.4 is 9.80 Å². The van der Waals surface area contributed by atoms with Gasteiger partial charge in [0.1, 0.15) is 5.82 Å². The molecule has 0 aliphatic carbocycles. The van der Waals surface area contributed by atoms with E-state index in [9.17, 15) is 0 Å². The Bertz CT molecular complexity index is 617. The lowest BCUT2D eigenvalue weighted by atomic mass is 10.1. The summed E-state index contributed by atoms with van der Waals surface area (Å²) in [5.41, 5.74) is 0. The molecule has 0 radical (unpaired) electrons. The van der Waals surface area contributed by atoms with Crippen LogP contribution in [0.3, 0.4) is 0 Å². The van der Waals surface area contributed by atoms with Gasteiger partial charge in [-0.15, -0.1) is 0 Å². The number of anilines is 2. The fraction of sp³-hybridized carbons (Fsp3) is 0.571. The Morgan fingerprint density at radius 3 is 2.41 bits per heavy atom. The van der Waals surface area contributed by atoms with Gasteiger partial charge in [0.25, 0.3) is 0 Å². The summed E-state index contributed by atoms with van der Waals surface area (Å²) in [6, 6.07) is 2.50. The third-order valence-corrected chi connectivity index (χ3v) is 5.18. The molecule has 2 fully saturated rings. The van der Waals surface area contributed by atoms with Crippen LogP contribution in [0.1, 0.15) is 5.82 Å². The van der Waals surface area contributed by atoms with Gasteiger partial charge in [0, 0.05) is 69.2 Å². The quantitative estimate of drug-likeness (QED) is 0.823. The summed E-state index contributed by atoms with van der Waals surface area (Å²) >= 11 is 1.50. The predicted octanol–water partition coefficient (Wildman–Crippen LogP) is 0.647. The van der Waals surface area contributed by atoms with Gasteiger partial charge in [0.05, 0.1) is 0 Å². The first kappa shape index (κ1) is 13.8. The molecule has 0 spiro atoms. The van der Waals surface area contributed by atoms with Crippen LogP contribution in [-0.4, -0.2) is 69.5 Å². The Balaban J connectivity index is 1.29. The Morgan fingerprint density at radius 1 is 1.05 bits per heavy atom. The Kier molecular flexibility index (Phi) is 3.63. The van der Waals surface area contributed by atoms with E-state index in [-0.39, 0.29) is 0 Å². The fourth-order valence-electron chi connectivity index (χ4n) is 3.00. The molecule has 116 valence electrons. The zero-order valence-corrected chi connectivity index (χ0v) is 13.4. The maximum absolute atomic E-state index is 4.45. The molecule has 0 bridgehead atoms. The first-order chi connectivity index (χ1) is 10.8. The number of hydrogen-bond acceptors (Lipinski definition) is 8. The van der Waals surface area contributed by atoms with Gasteiger partial charge in [-0.3, -0.25) is 4.90 Å². The van der Waals surface area contributed by atoms with Gasteiger partial charge in [-0.1, -0.05) is 0 Å². The van der Waals surface area contributed by atoms with Crippen molar-refractivity contribution in [3.63, 3.8) is 0 Å². The highest BCUT2D eigenvalue weighted by Gasteiger charge is 2.35. The topological polar surface area (TPSA) is 61.3 Å². The summed E-state index contributed by atoms with van der Waals surface area (Å²) < 4.78 is 4.26. The second kappa shape index (κ2) is 5.77. The molecule has 2 aliphatic heterocycles. The molecule has 0 atom stereocenters. The third kappa shape index (κ3) is 2.64. The van der Waals surface area contributed by atoms with E-state index >= 15 is 0 Å². The minimum atomic E-state index is 0.642. The van der Waals surface area contributed by atoms with E-state index in [1.54, 1.807) is 0 Å². The first-order valence-electron chi connectivity index (χ1n) is 7.61. The van der Waals surface area contributed by atoms with E-state index in [0.29, 0.717) is 6.04 Å². The van der Waals surface area contributed by atoms with Gasteiger partial charge in [-0.2, -0.15) is 4.37 Å². The highest BCUT2D eigenvalue weighted by atomic mass is 32.1. The van der Waals surface area contributed by atoms with Crippen LogP contribution in [0.2, 0.25) is 0 Å². The summed E-state index contributed by atoms with van der Waals surface area (Å²) in [6.07, 6.45) is 3.62. The van der Waals surface area contributed by atoms with Crippen LogP contribution in [0.25, 0.3) is 0 Å². The second-order valence-corrected chi connectivity index (χ2v) is 6.49. The number of piperazine rings is 1. The van der Waals surface area contributed by atoms with Crippen molar-refractivity contribution in [1.82, 2.24) is 24.2 Å². The van der Waals surface area contributed by atoms with Crippen LogP contribution >= 0.6 is 11.5 Å². The maximum atomic E-state index is 4.45. The molecule has 4 rings (SSSR count). The van der Waals surface area contributed by atoms with Crippen molar-refractivity contribution < 1.29 is 0 Å². The number of aromatic nitrogens is 4. The van der Waals surface area contributed by atoms with Crippen LogP contribution in [0.15, 0.2) is 18.5 Å². The molecule has 4 heterocycles. The SMILES string of the molecule is Cc1nsc(N2CC(N3CCN(c4ncccn4)CC3)C2)n1. The van der Waals surface area contributed by atoms with E-state index in [2.05, 4.69) is 34.0 Å².